The number of nitrogens with one attached hydrogen (secondary N) is 4. The molecule has 0 radical (unpaired) electrons. The Morgan fingerprint density at radius 2 is 2.00 bits per heavy atom. The first-order valence-corrected chi connectivity index (χ1v) is 9.20. The van der Waals surface area contributed by atoms with E-state index in [1.165, 1.54) is 0 Å². The van der Waals surface area contributed by atoms with E-state index < -0.39 is 0 Å². The molecule has 7 heteroatoms. The molecule has 1 aliphatic rings. The van der Waals surface area contributed by atoms with Crippen LogP contribution in [0.3, 0.4) is 0 Å². The van der Waals surface area contributed by atoms with Crippen LogP contribution in [-0.4, -0.2) is 36.4 Å². The second kappa shape index (κ2) is 8.55. The number of aryl methyl sites for hydroxylation is 1. The molecule has 2 amide bonds. The Bertz CT molecular complexity index is 981. The summed E-state index contributed by atoms with van der Waals surface area (Å²) in [5, 5.41) is 17.3. The van der Waals surface area contributed by atoms with Crippen LogP contribution in [0.15, 0.2) is 24.3 Å². The Morgan fingerprint density at radius 3 is 2.79 bits per heavy atom. The molecule has 1 aromatic carbocycles. The van der Waals surface area contributed by atoms with Gasteiger partial charge in [-0.25, -0.2) is 0 Å². The summed E-state index contributed by atoms with van der Waals surface area (Å²) in [6.45, 7) is 5.40. The van der Waals surface area contributed by atoms with Crippen LogP contribution in [0.5, 0.6) is 0 Å². The van der Waals surface area contributed by atoms with Crippen LogP contribution < -0.4 is 16.0 Å². The summed E-state index contributed by atoms with van der Waals surface area (Å²) < 4.78 is 0. The minimum absolute atomic E-state index is 0.151. The fraction of sp³-hybridized carbons (Fsp3) is 0.286. The highest BCUT2D eigenvalue weighted by molar-refractivity contribution is 6.34. The van der Waals surface area contributed by atoms with E-state index >= 15 is 0 Å². The molecular weight excluding hydrogens is 354 g/mol. The number of hydrogen-bond donors (Lipinski definition) is 4. The summed E-state index contributed by atoms with van der Waals surface area (Å²) in [5.74, 6) is -0.309. The number of hydrogen-bond acceptors (Lipinski definition) is 4. The molecule has 0 spiro atoms. The van der Waals surface area contributed by atoms with Gasteiger partial charge in [-0.1, -0.05) is 18.2 Å². The zero-order valence-electron chi connectivity index (χ0n) is 16.0. The van der Waals surface area contributed by atoms with Crippen molar-refractivity contribution in [1.29, 1.82) is 5.26 Å². The third-order valence-corrected chi connectivity index (χ3v) is 4.70. The fourth-order valence-corrected chi connectivity index (χ4v) is 3.31. The van der Waals surface area contributed by atoms with Gasteiger partial charge in [-0.3, -0.25) is 9.59 Å². The summed E-state index contributed by atoms with van der Waals surface area (Å²) in [6.07, 6.45) is 2.24. The highest BCUT2D eigenvalue weighted by atomic mass is 16.2. The molecule has 144 valence electrons. The van der Waals surface area contributed by atoms with Crippen molar-refractivity contribution in [2.24, 2.45) is 0 Å². The van der Waals surface area contributed by atoms with E-state index in [-0.39, 0.29) is 11.8 Å². The smallest absolute Gasteiger partial charge is 0.256 e. The molecule has 0 saturated heterocycles. The number of carbonyl (C=O) groups is 2. The monoisotopic (exact) mass is 377 g/mol. The Hall–Kier alpha value is -3.37. The van der Waals surface area contributed by atoms with E-state index in [2.05, 4.69) is 27.0 Å². The molecule has 0 aliphatic carbocycles. The molecule has 4 N–H and O–H groups in total. The van der Waals surface area contributed by atoms with Crippen molar-refractivity contribution in [2.45, 2.75) is 20.3 Å². The Labute approximate surface area is 163 Å². The number of para-hydroxylation sites is 1. The van der Waals surface area contributed by atoms with E-state index in [1.54, 1.807) is 6.08 Å². The first-order valence-electron chi connectivity index (χ1n) is 9.20. The van der Waals surface area contributed by atoms with Gasteiger partial charge in [0.25, 0.3) is 11.8 Å². The molecular formula is C21H23N5O2. The van der Waals surface area contributed by atoms with Gasteiger partial charge in [0.05, 0.1) is 17.2 Å². The van der Waals surface area contributed by atoms with E-state index in [0.717, 1.165) is 28.2 Å². The topological polar surface area (TPSA) is 110 Å². The first kappa shape index (κ1) is 19.4. The van der Waals surface area contributed by atoms with Crippen molar-refractivity contribution in [3.05, 3.63) is 52.3 Å². The van der Waals surface area contributed by atoms with Gasteiger partial charge in [-0.15, -0.1) is 0 Å². The van der Waals surface area contributed by atoms with Gasteiger partial charge >= 0.3 is 0 Å². The number of anilines is 1. The van der Waals surface area contributed by atoms with Gasteiger partial charge in [0.1, 0.15) is 0 Å². The number of benzene rings is 1. The van der Waals surface area contributed by atoms with Crippen LogP contribution in [0.2, 0.25) is 0 Å². The number of rotatable bonds is 7. The van der Waals surface area contributed by atoms with Crippen LogP contribution in [0.25, 0.3) is 11.6 Å². The number of carbonyl (C=O) groups excluding carboxylic acids is 2. The second-order valence-electron chi connectivity index (χ2n) is 6.64. The fourth-order valence-electron chi connectivity index (χ4n) is 3.31. The molecule has 28 heavy (non-hydrogen) atoms. The predicted molar refractivity (Wildman–Crippen MR) is 109 cm³/mol. The van der Waals surface area contributed by atoms with Crippen molar-refractivity contribution in [2.75, 3.05) is 25.0 Å². The van der Waals surface area contributed by atoms with Gasteiger partial charge in [-0.2, -0.15) is 5.26 Å². The van der Waals surface area contributed by atoms with E-state index in [1.807, 2.05) is 38.1 Å². The zero-order valence-corrected chi connectivity index (χ0v) is 16.0. The minimum Gasteiger partial charge on any atom is -0.358 e. The quantitative estimate of drug-likeness (QED) is 0.438. The average molecular weight is 377 g/mol. The van der Waals surface area contributed by atoms with Crippen LogP contribution in [0, 0.1) is 25.2 Å². The van der Waals surface area contributed by atoms with Crippen molar-refractivity contribution in [3.8, 4) is 6.07 Å². The highest BCUT2D eigenvalue weighted by Gasteiger charge is 2.25. The summed E-state index contributed by atoms with van der Waals surface area (Å²) in [7, 11) is 0. The van der Waals surface area contributed by atoms with Crippen LogP contribution in [-0.2, 0) is 4.79 Å². The third kappa shape index (κ3) is 3.97. The van der Waals surface area contributed by atoms with Gasteiger partial charge in [-0.05, 0) is 31.6 Å². The van der Waals surface area contributed by atoms with Crippen molar-refractivity contribution in [3.63, 3.8) is 0 Å². The number of nitriles is 1. The van der Waals surface area contributed by atoms with E-state index in [4.69, 9.17) is 5.26 Å². The second-order valence-corrected chi connectivity index (χ2v) is 6.64. The molecule has 0 saturated carbocycles. The highest BCUT2D eigenvalue weighted by Crippen LogP contribution is 2.33. The number of H-pyrrole nitrogens is 1. The number of amides is 2. The largest absolute Gasteiger partial charge is 0.358 e. The van der Waals surface area contributed by atoms with Crippen molar-refractivity contribution >= 4 is 29.2 Å². The maximum Gasteiger partial charge on any atom is 0.256 e. The number of nitrogens with zero attached hydrogens (tertiary/aromatic N) is 1. The van der Waals surface area contributed by atoms with E-state index in [0.29, 0.717) is 37.2 Å². The molecule has 0 unspecified atom stereocenters. The normalized spacial score (nSPS) is 13.9. The first-order chi connectivity index (χ1) is 13.5. The lowest BCUT2D eigenvalue weighted by Crippen LogP contribution is -2.32. The molecule has 7 nitrogen and oxygen atoms in total. The molecule has 0 bridgehead atoms. The third-order valence-electron chi connectivity index (χ3n) is 4.70. The summed E-state index contributed by atoms with van der Waals surface area (Å²) in [5.41, 5.74) is 5.12. The minimum atomic E-state index is -0.158. The summed E-state index contributed by atoms with van der Waals surface area (Å²) >= 11 is 0. The standard InChI is InChI=1S/C21H23N5O2/c1-13-18(12-16-15-6-3-4-7-17(15)26-20(16)27)25-14(2)19(13)21(28)24-11-10-23-9-5-8-22/h3-4,6-7,12,23,25H,5,9-11H2,1-2H3,(H,24,28)(H,26,27)/b16-12-. The SMILES string of the molecule is Cc1[nH]c(/C=C2\C(=O)Nc3ccccc32)c(C)c1C(=O)NCCNCCC#N. The lowest BCUT2D eigenvalue weighted by Gasteiger charge is -2.06. The molecule has 0 fully saturated rings. The lowest BCUT2D eigenvalue weighted by molar-refractivity contribution is -0.110. The number of aromatic amines is 1. The van der Waals surface area contributed by atoms with Crippen molar-refractivity contribution in [1.82, 2.24) is 15.6 Å². The molecule has 1 aliphatic heterocycles. The molecule has 0 atom stereocenters. The van der Waals surface area contributed by atoms with Gasteiger partial charge in [0.15, 0.2) is 0 Å². The molecule has 1 aromatic heterocycles. The van der Waals surface area contributed by atoms with Crippen LogP contribution in [0.4, 0.5) is 5.69 Å². The van der Waals surface area contributed by atoms with Crippen molar-refractivity contribution < 1.29 is 9.59 Å². The van der Waals surface area contributed by atoms with Crippen LogP contribution in [0.1, 0.15) is 39.3 Å². The maximum absolute atomic E-state index is 12.6. The summed E-state index contributed by atoms with van der Waals surface area (Å²) in [6, 6.07) is 9.60. The average Bonchev–Trinajstić information content (AvgIpc) is 3.14. The number of fused-ring (bicyclic) bond motifs is 1. The molecule has 2 aromatic rings. The Morgan fingerprint density at radius 1 is 1.21 bits per heavy atom. The Kier molecular flexibility index (Phi) is 5.92. The van der Waals surface area contributed by atoms with Gasteiger partial charge in [0.2, 0.25) is 0 Å². The van der Waals surface area contributed by atoms with E-state index in [9.17, 15) is 9.59 Å². The maximum atomic E-state index is 12.6. The van der Waals surface area contributed by atoms with Gasteiger partial charge in [0, 0.05) is 48.7 Å². The number of aromatic nitrogens is 1. The lowest BCUT2D eigenvalue weighted by atomic mass is 10.0. The summed E-state index contributed by atoms with van der Waals surface area (Å²) in [4.78, 5) is 28.1. The Balaban J connectivity index is 1.75. The van der Waals surface area contributed by atoms with Gasteiger partial charge < -0.3 is 20.9 Å². The molecule has 3 rings (SSSR count). The molecule has 2 heterocycles. The zero-order chi connectivity index (χ0) is 20.1. The van der Waals surface area contributed by atoms with Crippen LogP contribution >= 0.6 is 0 Å². The predicted octanol–water partition coefficient (Wildman–Crippen LogP) is 2.36.